The smallest absolute Gasteiger partial charge is 0.339 e. The van der Waals surface area contributed by atoms with Crippen LogP contribution in [0.5, 0.6) is 0 Å². The molecule has 0 radical (unpaired) electrons. The van der Waals surface area contributed by atoms with Crippen LogP contribution in [0.1, 0.15) is 28.7 Å². The predicted molar refractivity (Wildman–Crippen MR) is 68.8 cm³/mol. The standard InChI is InChI=1S/C13H18N2O2/c1-8(2)7-15(5)11-6-9(3)14-10(4)12(11)13(16)17/h6H,1,7H2,2-5H3,(H,16,17). The Balaban J connectivity index is 3.29. The fourth-order valence-electron chi connectivity index (χ4n) is 1.86. The lowest BCUT2D eigenvalue weighted by Gasteiger charge is -2.22. The number of pyridine rings is 1. The second-order valence-electron chi connectivity index (χ2n) is 4.36. The average molecular weight is 234 g/mol. The second-order valence-corrected chi connectivity index (χ2v) is 4.36. The molecule has 0 aromatic carbocycles. The molecule has 0 amide bonds. The summed E-state index contributed by atoms with van der Waals surface area (Å²) in [5.74, 6) is -0.946. The normalized spacial score (nSPS) is 10.1. The largest absolute Gasteiger partial charge is 0.478 e. The van der Waals surface area contributed by atoms with E-state index in [4.69, 9.17) is 0 Å². The van der Waals surface area contributed by atoms with Crippen molar-refractivity contribution < 1.29 is 9.90 Å². The molecule has 0 bridgehead atoms. The van der Waals surface area contributed by atoms with Gasteiger partial charge >= 0.3 is 5.97 Å². The Morgan fingerprint density at radius 3 is 2.59 bits per heavy atom. The summed E-state index contributed by atoms with van der Waals surface area (Å²) in [6.45, 7) is 9.95. The van der Waals surface area contributed by atoms with Crippen LogP contribution >= 0.6 is 0 Å². The summed E-state index contributed by atoms with van der Waals surface area (Å²) < 4.78 is 0. The summed E-state index contributed by atoms with van der Waals surface area (Å²) in [6.07, 6.45) is 0. The maximum absolute atomic E-state index is 11.3. The van der Waals surface area contributed by atoms with Gasteiger partial charge in [0.2, 0.25) is 0 Å². The van der Waals surface area contributed by atoms with Crippen molar-refractivity contribution in [2.45, 2.75) is 20.8 Å². The van der Waals surface area contributed by atoms with Crippen LogP contribution in [0.15, 0.2) is 18.2 Å². The molecule has 1 N–H and O–H groups in total. The van der Waals surface area contributed by atoms with Crippen molar-refractivity contribution in [1.29, 1.82) is 0 Å². The Kier molecular flexibility index (Phi) is 3.89. The third-order valence-electron chi connectivity index (χ3n) is 2.44. The average Bonchev–Trinajstić information content (AvgIpc) is 2.14. The highest BCUT2D eigenvalue weighted by Gasteiger charge is 2.18. The number of rotatable bonds is 4. The van der Waals surface area contributed by atoms with Crippen LogP contribution in [-0.2, 0) is 0 Å². The lowest BCUT2D eigenvalue weighted by atomic mass is 10.1. The third-order valence-corrected chi connectivity index (χ3v) is 2.44. The fraction of sp³-hybridized carbons (Fsp3) is 0.385. The fourth-order valence-corrected chi connectivity index (χ4v) is 1.86. The number of anilines is 1. The van der Waals surface area contributed by atoms with Crippen molar-refractivity contribution in [3.8, 4) is 0 Å². The topological polar surface area (TPSA) is 53.4 Å². The van der Waals surface area contributed by atoms with Gasteiger partial charge in [-0.2, -0.15) is 0 Å². The minimum Gasteiger partial charge on any atom is -0.478 e. The number of hydrogen-bond acceptors (Lipinski definition) is 3. The molecule has 92 valence electrons. The Labute approximate surface area is 102 Å². The number of aromatic nitrogens is 1. The van der Waals surface area contributed by atoms with Crippen molar-refractivity contribution in [2.75, 3.05) is 18.5 Å². The van der Waals surface area contributed by atoms with Crippen LogP contribution in [0.4, 0.5) is 5.69 Å². The van der Waals surface area contributed by atoms with Crippen LogP contribution in [0.3, 0.4) is 0 Å². The molecule has 0 saturated carbocycles. The number of carbonyl (C=O) groups is 1. The minimum absolute atomic E-state index is 0.263. The van der Waals surface area contributed by atoms with Gasteiger partial charge in [-0.3, -0.25) is 4.98 Å². The highest BCUT2D eigenvalue weighted by Crippen LogP contribution is 2.23. The van der Waals surface area contributed by atoms with E-state index < -0.39 is 5.97 Å². The molecule has 1 heterocycles. The zero-order chi connectivity index (χ0) is 13.2. The summed E-state index contributed by atoms with van der Waals surface area (Å²) in [6, 6.07) is 1.79. The number of likely N-dealkylation sites (N-methyl/N-ethyl adjacent to an activating group) is 1. The van der Waals surface area contributed by atoms with Gasteiger partial charge in [0.1, 0.15) is 5.56 Å². The highest BCUT2D eigenvalue weighted by atomic mass is 16.4. The first-order chi connectivity index (χ1) is 7.82. The summed E-state index contributed by atoms with van der Waals surface area (Å²) in [5.41, 5.74) is 3.29. The van der Waals surface area contributed by atoms with Gasteiger partial charge < -0.3 is 10.0 Å². The van der Waals surface area contributed by atoms with Gasteiger partial charge in [-0.25, -0.2) is 4.79 Å². The summed E-state index contributed by atoms with van der Waals surface area (Å²) in [4.78, 5) is 17.3. The summed E-state index contributed by atoms with van der Waals surface area (Å²) in [5, 5.41) is 9.23. The van der Waals surface area contributed by atoms with E-state index in [2.05, 4.69) is 11.6 Å². The molecular weight excluding hydrogens is 216 g/mol. The van der Waals surface area contributed by atoms with Gasteiger partial charge in [0, 0.05) is 19.3 Å². The molecule has 1 aromatic rings. The first-order valence-electron chi connectivity index (χ1n) is 5.40. The lowest BCUT2D eigenvalue weighted by molar-refractivity contribution is 0.0696. The Bertz CT molecular complexity index is 467. The van der Waals surface area contributed by atoms with Crippen molar-refractivity contribution in [1.82, 2.24) is 4.98 Å². The molecule has 0 fully saturated rings. The maximum Gasteiger partial charge on any atom is 0.339 e. The van der Waals surface area contributed by atoms with Gasteiger partial charge in [0.05, 0.1) is 11.4 Å². The van der Waals surface area contributed by atoms with Crippen molar-refractivity contribution in [3.63, 3.8) is 0 Å². The number of nitrogens with zero attached hydrogens (tertiary/aromatic N) is 2. The number of hydrogen-bond donors (Lipinski definition) is 1. The van der Waals surface area contributed by atoms with Gasteiger partial charge in [-0.05, 0) is 26.8 Å². The Morgan fingerprint density at radius 2 is 2.12 bits per heavy atom. The van der Waals surface area contributed by atoms with Crippen LogP contribution in [0.2, 0.25) is 0 Å². The zero-order valence-corrected chi connectivity index (χ0v) is 10.7. The van der Waals surface area contributed by atoms with Gasteiger partial charge in [-0.1, -0.05) is 12.2 Å². The Morgan fingerprint density at radius 1 is 1.53 bits per heavy atom. The molecule has 0 spiro atoms. The van der Waals surface area contributed by atoms with E-state index in [9.17, 15) is 9.90 Å². The molecule has 0 unspecified atom stereocenters. The highest BCUT2D eigenvalue weighted by molar-refractivity contribution is 5.95. The maximum atomic E-state index is 11.3. The van der Waals surface area contributed by atoms with Crippen LogP contribution in [0, 0.1) is 13.8 Å². The number of carboxylic acids is 1. The van der Waals surface area contributed by atoms with E-state index in [-0.39, 0.29) is 5.56 Å². The van der Waals surface area contributed by atoms with Crippen molar-refractivity contribution in [3.05, 3.63) is 35.2 Å². The molecule has 0 atom stereocenters. The third kappa shape index (κ3) is 3.06. The van der Waals surface area contributed by atoms with E-state index in [0.717, 1.165) is 11.3 Å². The van der Waals surface area contributed by atoms with E-state index in [0.29, 0.717) is 17.9 Å². The van der Waals surface area contributed by atoms with Crippen molar-refractivity contribution >= 4 is 11.7 Å². The zero-order valence-electron chi connectivity index (χ0n) is 10.7. The first kappa shape index (κ1) is 13.2. The van der Waals surface area contributed by atoms with Crippen molar-refractivity contribution in [2.24, 2.45) is 0 Å². The lowest BCUT2D eigenvalue weighted by Crippen LogP contribution is -2.23. The van der Waals surface area contributed by atoms with Gasteiger partial charge in [-0.15, -0.1) is 0 Å². The molecule has 4 nitrogen and oxygen atoms in total. The van der Waals surface area contributed by atoms with E-state index in [1.54, 1.807) is 13.0 Å². The number of aryl methyl sites for hydroxylation is 2. The van der Waals surface area contributed by atoms with Gasteiger partial charge in [0.25, 0.3) is 0 Å². The van der Waals surface area contributed by atoms with E-state index in [1.165, 1.54) is 0 Å². The van der Waals surface area contributed by atoms with Crippen LogP contribution in [0.25, 0.3) is 0 Å². The summed E-state index contributed by atoms with van der Waals surface area (Å²) in [7, 11) is 1.86. The molecule has 4 heteroatoms. The molecule has 0 saturated heterocycles. The molecular formula is C13H18N2O2. The molecule has 0 aliphatic rings. The number of carboxylic acid groups (broad SMARTS) is 1. The second kappa shape index (κ2) is 4.99. The van der Waals surface area contributed by atoms with E-state index in [1.807, 2.05) is 25.8 Å². The minimum atomic E-state index is -0.946. The first-order valence-corrected chi connectivity index (χ1v) is 5.40. The van der Waals surface area contributed by atoms with Gasteiger partial charge in [0.15, 0.2) is 0 Å². The van der Waals surface area contributed by atoms with E-state index >= 15 is 0 Å². The number of aromatic carboxylic acids is 1. The van der Waals surface area contributed by atoms with Crippen LogP contribution in [-0.4, -0.2) is 29.7 Å². The Hall–Kier alpha value is -1.84. The SMILES string of the molecule is C=C(C)CN(C)c1cc(C)nc(C)c1C(=O)O. The molecule has 0 aliphatic carbocycles. The molecule has 0 aliphatic heterocycles. The van der Waals surface area contributed by atoms with Crippen LogP contribution < -0.4 is 4.90 Å². The summed E-state index contributed by atoms with van der Waals surface area (Å²) >= 11 is 0. The molecule has 17 heavy (non-hydrogen) atoms. The molecule has 1 rings (SSSR count). The predicted octanol–water partition coefficient (Wildman–Crippen LogP) is 2.41. The quantitative estimate of drug-likeness (QED) is 0.813. The molecule has 1 aromatic heterocycles. The monoisotopic (exact) mass is 234 g/mol.